The molecule has 0 spiro atoms. The van der Waals surface area contributed by atoms with E-state index in [4.69, 9.17) is 9.47 Å². The molecule has 1 amide bonds. The lowest BCUT2D eigenvalue weighted by Crippen LogP contribution is -2.33. The Kier molecular flexibility index (Phi) is 8.53. The zero-order valence-electron chi connectivity index (χ0n) is 18.7. The number of benzene rings is 2. The van der Waals surface area contributed by atoms with Crippen LogP contribution in [0, 0.1) is 0 Å². The van der Waals surface area contributed by atoms with Crippen LogP contribution in [0.3, 0.4) is 0 Å². The van der Waals surface area contributed by atoms with Crippen LogP contribution in [-0.4, -0.2) is 40.1 Å². The predicted molar refractivity (Wildman–Crippen MR) is 124 cm³/mol. The molecule has 1 saturated carbocycles. The highest BCUT2D eigenvalue weighted by molar-refractivity contribution is 7.89. The zero-order chi connectivity index (χ0) is 23.0. The first-order valence-corrected chi connectivity index (χ1v) is 12.7. The summed E-state index contributed by atoms with van der Waals surface area (Å²) < 4.78 is 39.3. The molecule has 2 aromatic carbocycles. The number of rotatable bonds is 11. The topological polar surface area (TPSA) is 93.7 Å². The van der Waals surface area contributed by atoms with E-state index < -0.39 is 10.0 Å². The first-order valence-electron chi connectivity index (χ1n) is 11.2. The largest absolute Gasteiger partial charge is 0.490 e. The summed E-state index contributed by atoms with van der Waals surface area (Å²) in [5.41, 5.74) is 1.33. The van der Waals surface area contributed by atoms with Gasteiger partial charge in [-0.25, -0.2) is 13.1 Å². The monoisotopic (exact) mass is 460 g/mol. The number of hydrogen-bond acceptors (Lipinski definition) is 5. The quantitative estimate of drug-likeness (QED) is 0.534. The molecule has 7 nitrogen and oxygen atoms in total. The van der Waals surface area contributed by atoms with Crippen LogP contribution in [0.1, 0.15) is 55.5 Å². The van der Waals surface area contributed by atoms with Gasteiger partial charge in [0.1, 0.15) is 0 Å². The van der Waals surface area contributed by atoms with E-state index in [1.165, 1.54) is 12.1 Å². The Morgan fingerprint density at radius 2 is 1.72 bits per heavy atom. The van der Waals surface area contributed by atoms with E-state index in [9.17, 15) is 13.2 Å². The van der Waals surface area contributed by atoms with Crippen molar-refractivity contribution in [2.24, 2.45) is 0 Å². The number of sulfonamides is 1. The third-order valence-electron chi connectivity index (χ3n) is 5.39. The van der Waals surface area contributed by atoms with Crippen LogP contribution in [0.4, 0.5) is 0 Å². The van der Waals surface area contributed by atoms with Crippen molar-refractivity contribution in [3.8, 4) is 11.5 Å². The third kappa shape index (κ3) is 6.46. The normalized spacial score (nSPS) is 14.3. The minimum atomic E-state index is -3.64. The lowest BCUT2D eigenvalue weighted by molar-refractivity contribution is 0.0954. The summed E-state index contributed by atoms with van der Waals surface area (Å²) in [6.45, 7) is 5.34. The molecule has 2 aromatic rings. The van der Waals surface area contributed by atoms with Crippen molar-refractivity contribution in [2.75, 3.05) is 19.8 Å². The van der Waals surface area contributed by atoms with Crippen molar-refractivity contribution >= 4 is 15.9 Å². The average molecular weight is 461 g/mol. The summed E-state index contributed by atoms with van der Waals surface area (Å²) in [6.07, 6.45) is 4.40. The lowest BCUT2D eigenvalue weighted by Gasteiger charge is -2.14. The van der Waals surface area contributed by atoms with Gasteiger partial charge in [0.05, 0.1) is 18.1 Å². The van der Waals surface area contributed by atoms with Gasteiger partial charge in [-0.3, -0.25) is 4.79 Å². The second-order valence-electron chi connectivity index (χ2n) is 7.78. The van der Waals surface area contributed by atoms with Crippen molar-refractivity contribution in [3.63, 3.8) is 0 Å². The zero-order valence-corrected chi connectivity index (χ0v) is 19.5. The van der Waals surface area contributed by atoms with Gasteiger partial charge in [0.2, 0.25) is 10.0 Å². The van der Waals surface area contributed by atoms with Gasteiger partial charge in [-0.05, 0) is 69.0 Å². The van der Waals surface area contributed by atoms with Crippen LogP contribution in [0.2, 0.25) is 0 Å². The van der Waals surface area contributed by atoms with Crippen LogP contribution in [0.25, 0.3) is 0 Å². The number of carbonyl (C=O) groups is 1. The Morgan fingerprint density at radius 1 is 1.00 bits per heavy atom. The van der Waals surface area contributed by atoms with E-state index >= 15 is 0 Å². The fourth-order valence-corrected chi connectivity index (χ4v) is 5.16. The third-order valence-corrected chi connectivity index (χ3v) is 6.91. The van der Waals surface area contributed by atoms with Gasteiger partial charge in [0.25, 0.3) is 5.91 Å². The number of hydrogen-bond donors (Lipinski definition) is 2. The Hall–Kier alpha value is -2.58. The summed E-state index contributed by atoms with van der Waals surface area (Å²) >= 11 is 0. The Bertz CT molecular complexity index is 1020. The molecule has 8 heteroatoms. The molecule has 0 bridgehead atoms. The van der Waals surface area contributed by atoms with Crippen LogP contribution < -0.4 is 19.5 Å². The van der Waals surface area contributed by atoms with Crippen LogP contribution >= 0.6 is 0 Å². The Morgan fingerprint density at radius 3 is 2.44 bits per heavy atom. The first-order chi connectivity index (χ1) is 15.4. The molecular formula is C24H32N2O5S. The van der Waals surface area contributed by atoms with Gasteiger partial charge in [-0.15, -0.1) is 0 Å². The van der Waals surface area contributed by atoms with Crippen LogP contribution in [-0.2, 0) is 16.4 Å². The maximum Gasteiger partial charge on any atom is 0.251 e. The second kappa shape index (κ2) is 11.3. The lowest BCUT2D eigenvalue weighted by atomic mass is 10.1. The highest BCUT2D eigenvalue weighted by Crippen LogP contribution is 2.28. The van der Waals surface area contributed by atoms with Gasteiger partial charge in [-0.2, -0.15) is 0 Å². The fourth-order valence-electron chi connectivity index (χ4n) is 3.81. The SMILES string of the molecule is CCOc1ccc(CCNC(=O)c2cccc(S(=O)(=O)NC3CCCC3)c2)cc1OCC. The molecule has 0 radical (unpaired) electrons. The standard InChI is InChI=1S/C24H32N2O5S/c1-3-30-22-13-12-18(16-23(22)31-4-2)14-15-25-24(27)19-8-7-11-21(17-19)32(28,29)26-20-9-5-6-10-20/h7-8,11-13,16-17,20,26H,3-6,9-10,14-15H2,1-2H3,(H,25,27). The molecular weight excluding hydrogens is 428 g/mol. The smallest absolute Gasteiger partial charge is 0.251 e. The molecule has 1 fully saturated rings. The molecule has 0 aliphatic heterocycles. The number of ether oxygens (including phenoxy) is 2. The minimum Gasteiger partial charge on any atom is -0.490 e. The molecule has 174 valence electrons. The molecule has 2 N–H and O–H groups in total. The molecule has 1 aliphatic carbocycles. The van der Waals surface area contributed by atoms with Gasteiger partial charge in [0, 0.05) is 18.2 Å². The molecule has 3 rings (SSSR count). The number of carbonyl (C=O) groups excluding carboxylic acids is 1. The van der Waals surface area contributed by atoms with Gasteiger partial charge in [0.15, 0.2) is 11.5 Å². The van der Waals surface area contributed by atoms with E-state index in [1.54, 1.807) is 12.1 Å². The number of nitrogens with one attached hydrogen (secondary N) is 2. The molecule has 1 aliphatic rings. The maximum absolute atomic E-state index is 12.7. The highest BCUT2D eigenvalue weighted by Gasteiger charge is 2.23. The first kappa shape index (κ1) is 24.1. The van der Waals surface area contributed by atoms with E-state index in [1.807, 2.05) is 32.0 Å². The molecule has 0 unspecified atom stereocenters. The van der Waals surface area contributed by atoms with E-state index in [-0.39, 0.29) is 16.8 Å². The van der Waals surface area contributed by atoms with Crippen molar-refractivity contribution in [1.29, 1.82) is 0 Å². The van der Waals surface area contributed by atoms with E-state index in [0.717, 1.165) is 31.2 Å². The van der Waals surface area contributed by atoms with E-state index in [0.29, 0.717) is 43.2 Å². The summed E-state index contributed by atoms with van der Waals surface area (Å²) in [7, 11) is -3.64. The van der Waals surface area contributed by atoms with Gasteiger partial charge in [-0.1, -0.05) is 25.0 Å². The summed E-state index contributed by atoms with van der Waals surface area (Å²) in [6, 6.07) is 11.9. The number of amides is 1. The molecule has 32 heavy (non-hydrogen) atoms. The van der Waals surface area contributed by atoms with Crippen LogP contribution in [0.15, 0.2) is 47.4 Å². The molecule has 0 saturated heterocycles. The predicted octanol–water partition coefficient (Wildman–Crippen LogP) is 3.68. The van der Waals surface area contributed by atoms with Gasteiger partial charge >= 0.3 is 0 Å². The molecule has 0 aromatic heterocycles. The van der Waals surface area contributed by atoms with Gasteiger partial charge < -0.3 is 14.8 Å². The van der Waals surface area contributed by atoms with Crippen molar-refractivity contribution in [1.82, 2.24) is 10.0 Å². The van der Waals surface area contributed by atoms with Crippen LogP contribution in [0.5, 0.6) is 11.5 Å². The summed E-state index contributed by atoms with van der Waals surface area (Å²) in [5, 5.41) is 2.86. The average Bonchev–Trinajstić information content (AvgIpc) is 3.28. The molecule has 0 heterocycles. The van der Waals surface area contributed by atoms with E-state index in [2.05, 4.69) is 10.0 Å². The summed E-state index contributed by atoms with van der Waals surface area (Å²) in [4.78, 5) is 12.7. The summed E-state index contributed by atoms with van der Waals surface area (Å²) in [5.74, 6) is 1.08. The second-order valence-corrected chi connectivity index (χ2v) is 9.50. The van der Waals surface area contributed by atoms with Crippen molar-refractivity contribution < 1.29 is 22.7 Å². The highest BCUT2D eigenvalue weighted by atomic mass is 32.2. The fraction of sp³-hybridized carbons (Fsp3) is 0.458. The van der Waals surface area contributed by atoms with Crippen molar-refractivity contribution in [2.45, 2.75) is 56.9 Å². The molecule has 0 atom stereocenters. The van der Waals surface area contributed by atoms with Crippen molar-refractivity contribution in [3.05, 3.63) is 53.6 Å². The minimum absolute atomic E-state index is 0.0202. The Labute approximate surface area is 190 Å². The maximum atomic E-state index is 12.7. The Balaban J connectivity index is 1.59.